The molecule has 0 atom stereocenters. The van der Waals surface area contributed by atoms with E-state index in [1.165, 1.54) is 17.4 Å². The highest BCUT2D eigenvalue weighted by Crippen LogP contribution is 2.25. The van der Waals surface area contributed by atoms with Crippen molar-refractivity contribution in [1.29, 1.82) is 0 Å². The van der Waals surface area contributed by atoms with Crippen LogP contribution in [0.1, 0.15) is 38.0 Å². The lowest BCUT2D eigenvalue weighted by molar-refractivity contribution is 0.103. The second-order valence-corrected chi connectivity index (χ2v) is 9.51. The van der Waals surface area contributed by atoms with Crippen molar-refractivity contribution in [2.75, 3.05) is 5.32 Å². The normalized spacial score (nSPS) is 11.1. The van der Waals surface area contributed by atoms with Crippen molar-refractivity contribution in [2.45, 2.75) is 41.0 Å². The fourth-order valence-corrected chi connectivity index (χ4v) is 4.53. The van der Waals surface area contributed by atoms with Gasteiger partial charge in [-0.3, -0.25) is 4.79 Å². The Morgan fingerprint density at radius 1 is 1.09 bits per heavy atom. The number of aryl methyl sites for hydroxylation is 2. The minimum absolute atomic E-state index is 0.0492. The number of aromatic nitrogens is 4. The summed E-state index contributed by atoms with van der Waals surface area (Å²) in [5.41, 5.74) is 4.74. The first kappa shape index (κ1) is 24.1. The molecule has 11 heteroatoms. The number of benzene rings is 1. The Bertz CT molecular complexity index is 1380. The van der Waals surface area contributed by atoms with E-state index in [2.05, 4.69) is 31.4 Å². The fourth-order valence-electron chi connectivity index (χ4n) is 3.45. The number of carbonyl (C=O) groups is 1. The van der Waals surface area contributed by atoms with Gasteiger partial charge < -0.3 is 10.1 Å². The quantitative estimate of drug-likeness (QED) is 0.318. The number of carbonyl (C=O) groups excluding carboxylic acids is 1. The number of amides is 1. The van der Waals surface area contributed by atoms with E-state index < -0.39 is 11.6 Å². The average molecular weight is 550 g/mol. The van der Waals surface area contributed by atoms with Crippen molar-refractivity contribution < 1.29 is 18.3 Å². The highest BCUT2D eigenvalue weighted by Gasteiger charge is 2.18. The van der Waals surface area contributed by atoms with Crippen LogP contribution in [0.2, 0.25) is 0 Å². The molecule has 3 aromatic heterocycles. The lowest BCUT2D eigenvalue weighted by Crippen LogP contribution is -2.15. The largest absolute Gasteiger partial charge is 0.486 e. The van der Waals surface area contributed by atoms with Gasteiger partial charge in [0.2, 0.25) is 0 Å². The van der Waals surface area contributed by atoms with E-state index >= 15 is 0 Å². The number of nitrogens with one attached hydrogen (secondary N) is 1. The Balaban J connectivity index is 1.44. The van der Waals surface area contributed by atoms with Gasteiger partial charge in [0.1, 0.15) is 19.1 Å². The van der Waals surface area contributed by atoms with Gasteiger partial charge >= 0.3 is 0 Å². The van der Waals surface area contributed by atoms with Gasteiger partial charge in [0.05, 0.1) is 37.8 Å². The molecule has 0 aliphatic rings. The van der Waals surface area contributed by atoms with Crippen molar-refractivity contribution in [3.05, 3.63) is 79.0 Å². The fraction of sp³-hybridized carbons (Fsp3) is 0.261. The summed E-state index contributed by atoms with van der Waals surface area (Å²) in [4.78, 5) is 13.3. The van der Waals surface area contributed by atoms with Crippen molar-refractivity contribution in [2.24, 2.45) is 0 Å². The number of hydrogen-bond donors (Lipinski definition) is 1. The predicted molar refractivity (Wildman–Crippen MR) is 129 cm³/mol. The molecule has 0 spiro atoms. The van der Waals surface area contributed by atoms with Crippen LogP contribution in [0.15, 0.2) is 34.1 Å². The number of rotatable bonds is 7. The number of ether oxygens (including phenoxy) is 1. The third-order valence-electron chi connectivity index (χ3n) is 5.35. The molecular formula is C23H22BrF2N5O2S. The number of thiophene rings is 1. The summed E-state index contributed by atoms with van der Waals surface area (Å²) < 4.78 is 36.8. The molecule has 1 aromatic carbocycles. The molecule has 4 rings (SSSR count). The molecule has 1 amide bonds. The minimum atomic E-state index is -0.774. The van der Waals surface area contributed by atoms with E-state index in [1.807, 2.05) is 32.4 Å². The number of anilines is 1. The zero-order valence-corrected chi connectivity index (χ0v) is 21.4. The highest BCUT2D eigenvalue weighted by atomic mass is 79.9. The van der Waals surface area contributed by atoms with Crippen LogP contribution in [0.25, 0.3) is 0 Å². The molecule has 3 heterocycles. The van der Waals surface area contributed by atoms with Gasteiger partial charge in [0.15, 0.2) is 11.6 Å². The summed E-state index contributed by atoms with van der Waals surface area (Å²) in [5, 5.41) is 13.8. The molecule has 178 valence electrons. The van der Waals surface area contributed by atoms with Gasteiger partial charge in [-0.15, -0.1) is 11.3 Å². The second-order valence-electron chi connectivity index (χ2n) is 7.81. The Hall–Kier alpha value is -3.05. The van der Waals surface area contributed by atoms with E-state index in [9.17, 15) is 13.6 Å². The predicted octanol–water partition coefficient (Wildman–Crippen LogP) is 5.75. The SMILES string of the molecule is Cc1nn(Cn2nc(C)c(NC(=O)c3cc(COc4ccc(F)cc4F)cs3)c2C)c(C)c1Br. The topological polar surface area (TPSA) is 74.0 Å². The molecule has 34 heavy (non-hydrogen) atoms. The van der Waals surface area contributed by atoms with Gasteiger partial charge in [-0.05, 0) is 67.2 Å². The molecule has 0 saturated carbocycles. The van der Waals surface area contributed by atoms with E-state index in [1.54, 1.807) is 16.1 Å². The zero-order valence-electron chi connectivity index (χ0n) is 18.9. The van der Waals surface area contributed by atoms with Crippen molar-refractivity contribution in [3.63, 3.8) is 0 Å². The van der Waals surface area contributed by atoms with Crippen LogP contribution in [0.3, 0.4) is 0 Å². The molecule has 0 aliphatic heterocycles. The third kappa shape index (κ3) is 4.90. The van der Waals surface area contributed by atoms with Crippen LogP contribution in [0.5, 0.6) is 5.75 Å². The smallest absolute Gasteiger partial charge is 0.265 e. The summed E-state index contributed by atoms with van der Waals surface area (Å²) in [5.74, 6) is -1.77. The lowest BCUT2D eigenvalue weighted by Gasteiger charge is -2.08. The van der Waals surface area contributed by atoms with Gasteiger partial charge in [0, 0.05) is 11.6 Å². The van der Waals surface area contributed by atoms with Crippen LogP contribution in [0.4, 0.5) is 14.5 Å². The summed E-state index contributed by atoms with van der Waals surface area (Å²) in [6.07, 6.45) is 0. The maximum absolute atomic E-state index is 13.7. The molecule has 0 fully saturated rings. The highest BCUT2D eigenvalue weighted by molar-refractivity contribution is 9.10. The molecular weight excluding hydrogens is 528 g/mol. The zero-order chi connectivity index (χ0) is 24.6. The molecule has 0 aliphatic carbocycles. The van der Waals surface area contributed by atoms with Gasteiger partial charge in [-0.2, -0.15) is 10.2 Å². The molecule has 0 bridgehead atoms. The van der Waals surface area contributed by atoms with Crippen molar-refractivity contribution in [1.82, 2.24) is 19.6 Å². The van der Waals surface area contributed by atoms with E-state index in [-0.39, 0.29) is 18.3 Å². The Kier molecular flexibility index (Phi) is 6.85. The van der Waals surface area contributed by atoms with Crippen molar-refractivity contribution >= 4 is 38.9 Å². The van der Waals surface area contributed by atoms with Crippen LogP contribution < -0.4 is 10.1 Å². The summed E-state index contributed by atoms with van der Waals surface area (Å²) in [6, 6.07) is 4.81. The standard InChI is InChI=1S/C23H22BrF2N5O2S/c1-12-21(24)14(3)30(28-12)11-31-15(4)22(13(2)29-31)27-23(32)20-7-16(10-34-20)9-33-19-6-5-17(25)8-18(19)26/h5-8,10H,9,11H2,1-4H3,(H,27,32). The Morgan fingerprint density at radius 2 is 1.79 bits per heavy atom. The first-order chi connectivity index (χ1) is 16.1. The Labute approximate surface area is 207 Å². The molecule has 0 unspecified atom stereocenters. The summed E-state index contributed by atoms with van der Waals surface area (Å²) in [7, 11) is 0. The molecule has 0 saturated heterocycles. The first-order valence-electron chi connectivity index (χ1n) is 10.3. The van der Waals surface area contributed by atoms with Crippen LogP contribution >= 0.6 is 27.3 Å². The van der Waals surface area contributed by atoms with Gasteiger partial charge in [-0.1, -0.05) is 0 Å². The second kappa shape index (κ2) is 9.67. The maximum Gasteiger partial charge on any atom is 0.265 e. The first-order valence-corrected chi connectivity index (χ1v) is 12.0. The summed E-state index contributed by atoms with van der Waals surface area (Å²) in [6.45, 7) is 8.10. The monoisotopic (exact) mass is 549 g/mol. The van der Waals surface area contributed by atoms with Crippen LogP contribution in [-0.4, -0.2) is 25.5 Å². The third-order valence-corrected chi connectivity index (χ3v) is 7.47. The number of hydrogen-bond acceptors (Lipinski definition) is 5. The van der Waals surface area contributed by atoms with E-state index in [0.717, 1.165) is 33.7 Å². The van der Waals surface area contributed by atoms with E-state index in [0.29, 0.717) is 28.5 Å². The van der Waals surface area contributed by atoms with Crippen LogP contribution in [0, 0.1) is 39.3 Å². The van der Waals surface area contributed by atoms with Crippen molar-refractivity contribution in [3.8, 4) is 5.75 Å². The Morgan fingerprint density at radius 3 is 2.47 bits per heavy atom. The average Bonchev–Trinajstić information content (AvgIpc) is 3.43. The molecule has 1 N–H and O–H groups in total. The maximum atomic E-state index is 13.7. The molecule has 7 nitrogen and oxygen atoms in total. The number of halogens is 3. The molecule has 0 radical (unpaired) electrons. The van der Waals surface area contributed by atoms with Crippen LogP contribution in [-0.2, 0) is 13.3 Å². The van der Waals surface area contributed by atoms with E-state index in [4.69, 9.17) is 4.74 Å². The van der Waals surface area contributed by atoms with Gasteiger partial charge in [0.25, 0.3) is 5.91 Å². The lowest BCUT2D eigenvalue weighted by atomic mass is 10.3. The molecule has 4 aromatic rings. The number of nitrogens with zero attached hydrogens (tertiary/aromatic N) is 4. The minimum Gasteiger partial charge on any atom is -0.486 e. The van der Waals surface area contributed by atoms with Gasteiger partial charge in [-0.25, -0.2) is 18.1 Å². The summed E-state index contributed by atoms with van der Waals surface area (Å²) >= 11 is 4.79.